The molecule has 0 saturated carbocycles. The number of H-pyrrole nitrogens is 1. The van der Waals surface area contributed by atoms with Crippen LogP contribution in [-0.2, 0) is 0 Å². The second-order valence-corrected chi connectivity index (χ2v) is 4.38. The van der Waals surface area contributed by atoms with Crippen LogP contribution in [0.5, 0.6) is 5.75 Å². The molecule has 0 spiro atoms. The fourth-order valence-electron chi connectivity index (χ4n) is 2.37. The highest BCUT2D eigenvalue weighted by molar-refractivity contribution is 6.05. The molecule has 2 N–H and O–H groups in total. The van der Waals surface area contributed by atoms with Gasteiger partial charge in [-0.2, -0.15) is 0 Å². The maximum Gasteiger partial charge on any atom is 0.341 e. The monoisotopic (exact) mass is 272 g/mol. The molecule has 0 saturated heterocycles. The molecule has 0 fully saturated rings. The van der Waals surface area contributed by atoms with Gasteiger partial charge in [0.2, 0.25) is 0 Å². The number of aromatic carboxylic acids is 1. The number of aryl methyl sites for hydroxylation is 1. The molecule has 102 valence electrons. The van der Waals surface area contributed by atoms with Crippen LogP contribution in [0.15, 0.2) is 28.9 Å². The summed E-state index contributed by atoms with van der Waals surface area (Å²) in [4.78, 5) is 14.4. The predicted octanol–water partition coefficient (Wildman–Crippen LogP) is 2.84. The van der Waals surface area contributed by atoms with Gasteiger partial charge in [0.1, 0.15) is 11.3 Å². The van der Waals surface area contributed by atoms with Crippen LogP contribution in [-0.4, -0.2) is 28.3 Å². The first-order valence-electron chi connectivity index (χ1n) is 5.97. The number of benzene rings is 1. The van der Waals surface area contributed by atoms with Crippen molar-refractivity contribution >= 4 is 16.9 Å². The number of nitrogens with one attached hydrogen (secondary N) is 1. The molecule has 0 amide bonds. The van der Waals surface area contributed by atoms with Crippen molar-refractivity contribution in [2.24, 2.45) is 0 Å². The topological polar surface area (TPSA) is 88.4 Å². The second kappa shape index (κ2) is 4.41. The average molecular weight is 272 g/mol. The van der Waals surface area contributed by atoms with Gasteiger partial charge in [0, 0.05) is 5.69 Å². The third-order valence-corrected chi connectivity index (χ3v) is 3.22. The number of carbonyl (C=O) groups is 1. The number of aromatic nitrogens is 2. The van der Waals surface area contributed by atoms with Crippen molar-refractivity contribution in [3.8, 4) is 17.1 Å². The van der Waals surface area contributed by atoms with E-state index in [1.54, 1.807) is 7.11 Å². The average Bonchev–Trinajstić information content (AvgIpc) is 3.00. The lowest BCUT2D eigenvalue weighted by Gasteiger charge is -2.04. The minimum atomic E-state index is -1.08. The van der Waals surface area contributed by atoms with Gasteiger partial charge in [0.25, 0.3) is 0 Å². The van der Waals surface area contributed by atoms with Crippen LogP contribution >= 0.6 is 0 Å². The lowest BCUT2D eigenvalue weighted by molar-refractivity contribution is 0.0697. The molecule has 0 bridgehead atoms. The van der Waals surface area contributed by atoms with E-state index in [0.29, 0.717) is 11.3 Å². The van der Waals surface area contributed by atoms with E-state index in [0.717, 1.165) is 16.6 Å². The Bertz CT molecular complexity index is 801. The second-order valence-electron chi connectivity index (χ2n) is 4.38. The van der Waals surface area contributed by atoms with Crippen LogP contribution in [0.1, 0.15) is 16.1 Å². The van der Waals surface area contributed by atoms with Crippen molar-refractivity contribution < 1.29 is 19.2 Å². The first-order valence-corrected chi connectivity index (χ1v) is 5.97. The molecule has 0 unspecified atom stereocenters. The third-order valence-electron chi connectivity index (χ3n) is 3.22. The summed E-state index contributed by atoms with van der Waals surface area (Å²) in [6.07, 6.45) is 1.20. The number of hydrogen-bond donors (Lipinski definition) is 2. The Morgan fingerprint density at radius 1 is 1.45 bits per heavy atom. The molecule has 6 nitrogen and oxygen atoms in total. The summed E-state index contributed by atoms with van der Waals surface area (Å²) in [5, 5.41) is 13.6. The van der Waals surface area contributed by atoms with Gasteiger partial charge in [0.15, 0.2) is 5.76 Å². The van der Waals surface area contributed by atoms with Crippen LogP contribution in [0.2, 0.25) is 0 Å². The number of fused-ring (bicyclic) bond motifs is 1. The quantitative estimate of drug-likeness (QED) is 0.765. The van der Waals surface area contributed by atoms with Gasteiger partial charge in [-0.15, -0.1) is 0 Å². The van der Waals surface area contributed by atoms with Crippen LogP contribution in [0, 0.1) is 6.92 Å². The molecule has 0 aliphatic carbocycles. The maximum absolute atomic E-state index is 11.2. The summed E-state index contributed by atoms with van der Waals surface area (Å²) < 4.78 is 10.5. The maximum atomic E-state index is 11.2. The highest BCUT2D eigenvalue weighted by atomic mass is 16.5. The van der Waals surface area contributed by atoms with E-state index >= 15 is 0 Å². The molecule has 2 aromatic heterocycles. The zero-order valence-corrected chi connectivity index (χ0v) is 10.9. The Labute approximate surface area is 114 Å². The number of ether oxygens (including phenoxy) is 1. The zero-order chi connectivity index (χ0) is 14.3. The first kappa shape index (κ1) is 12.3. The Morgan fingerprint density at radius 3 is 2.95 bits per heavy atom. The molecule has 3 rings (SSSR count). The molecule has 0 atom stereocenters. The normalized spacial score (nSPS) is 10.9. The van der Waals surface area contributed by atoms with Gasteiger partial charge in [0.05, 0.1) is 29.8 Å². The van der Waals surface area contributed by atoms with E-state index in [9.17, 15) is 9.90 Å². The van der Waals surface area contributed by atoms with Crippen molar-refractivity contribution in [3.63, 3.8) is 0 Å². The highest BCUT2D eigenvalue weighted by Gasteiger charge is 2.23. The van der Waals surface area contributed by atoms with E-state index in [2.05, 4.69) is 10.1 Å². The molecule has 3 aromatic rings. The van der Waals surface area contributed by atoms with Gasteiger partial charge in [-0.1, -0.05) is 11.2 Å². The predicted molar refractivity (Wildman–Crippen MR) is 72.0 cm³/mol. The van der Waals surface area contributed by atoms with Gasteiger partial charge >= 0.3 is 5.97 Å². The smallest absolute Gasteiger partial charge is 0.341 e. The largest absolute Gasteiger partial charge is 0.496 e. The van der Waals surface area contributed by atoms with E-state index < -0.39 is 5.97 Å². The standard InChI is InChI=1S/C14H12N2O4/c1-7-11(13-8(14(17)18)6-15-20-13)12-9(16-7)4-3-5-10(12)19-2/h3-6,16H,1-2H3,(H,17,18). The van der Waals surface area contributed by atoms with Crippen molar-refractivity contribution in [3.05, 3.63) is 35.7 Å². The summed E-state index contributed by atoms with van der Waals surface area (Å²) in [5.41, 5.74) is 2.33. The van der Waals surface area contributed by atoms with Crippen LogP contribution in [0.25, 0.3) is 22.2 Å². The minimum absolute atomic E-state index is 0.0277. The number of nitrogens with zero attached hydrogens (tertiary/aromatic N) is 1. The molecule has 20 heavy (non-hydrogen) atoms. The van der Waals surface area contributed by atoms with Gasteiger partial charge in [-0.25, -0.2) is 4.79 Å². The number of rotatable bonds is 3. The van der Waals surface area contributed by atoms with Crippen molar-refractivity contribution in [2.75, 3.05) is 7.11 Å². The lowest BCUT2D eigenvalue weighted by Crippen LogP contribution is -1.96. The zero-order valence-electron chi connectivity index (χ0n) is 10.9. The fourth-order valence-corrected chi connectivity index (χ4v) is 2.37. The molecule has 0 aliphatic rings. The third kappa shape index (κ3) is 1.65. The molecule has 0 aliphatic heterocycles. The number of aromatic amines is 1. The summed E-state index contributed by atoms with van der Waals surface area (Å²) in [7, 11) is 1.57. The number of carboxylic acid groups (broad SMARTS) is 1. The van der Waals surface area contributed by atoms with E-state index in [1.165, 1.54) is 6.20 Å². The van der Waals surface area contributed by atoms with Gasteiger partial charge in [-0.3, -0.25) is 0 Å². The van der Waals surface area contributed by atoms with Gasteiger partial charge < -0.3 is 19.4 Å². The van der Waals surface area contributed by atoms with Crippen molar-refractivity contribution in [1.29, 1.82) is 0 Å². The first-order chi connectivity index (χ1) is 9.63. The van der Waals surface area contributed by atoms with E-state index in [-0.39, 0.29) is 11.3 Å². The summed E-state index contributed by atoms with van der Waals surface area (Å²) >= 11 is 0. The molecular weight excluding hydrogens is 260 g/mol. The number of carboxylic acids is 1. The van der Waals surface area contributed by atoms with Crippen LogP contribution in [0.4, 0.5) is 0 Å². The highest BCUT2D eigenvalue weighted by Crippen LogP contribution is 2.39. The molecule has 6 heteroatoms. The van der Waals surface area contributed by atoms with E-state index in [4.69, 9.17) is 9.26 Å². The Balaban J connectivity index is 2.38. The van der Waals surface area contributed by atoms with Crippen LogP contribution in [0.3, 0.4) is 0 Å². The Morgan fingerprint density at radius 2 is 2.25 bits per heavy atom. The number of methoxy groups -OCH3 is 1. The lowest BCUT2D eigenvalue weighted by atomic mass is 10.0. The summed E-state index contributed by atoms with van der Waals surface area (Å²) in [5.74, 6) is -0.203. The number of hydrogen-bond acceptors (Lipinski definition) is 4. The molecule has 1 aromatic carbocycles. The summed E-state index contributed by atoms with van der Waals surface area (Å²) in [6.45, 7) is 1.85. The summed E-state index contributed by atoms with van der Waals surface area (Å²) in [6, 6.07) is 5.57. The molecule has 0 radical (unpaired) electrons. The Hall–Kier alpha value is -2.76. The minimum Gasteiger partial charge on any atom is -0.496 e. The molecule has 2 heterocycles. The van der Waals surface area contributed by atoms with Crippen molar-refractivity contribution in [1.82, 2.24) is 10.1 Å². The van der Waals surface area contributed by atoms with Crippen molar-refractivity contribution in [2.45, 2.75) is 6.92 Å². The SMILES string of the molecule is COc1cccc2[nH]c(C)c(-c3oncc3C(=O)O)c12. The van der Waals surface area contributed by atoms with Crippen LogP contribution < -0.4 is 4.74 Å². The van der Waals surface area contributed by atoms with E-state index in [1.807, 2.05) is 25.1 Å². The molecular formula is C14H12N2O4. The fraction of sp³-hybridized carbons (Fsp3) is 0.143. The van der Waals surface area contributed by atoms with Gasteiger partial charge in [-0.05, 0) is 19.1 Å². The Kier molecular flexibility index (Phi) is 2.71.